The number of carboxylic acids is 1. The van der Waals surface area contributed by atoms with Gasteiger partial charge in [-0.2, -0.15) is 11.8 Å². The quantitative estimate of drug-likeness (QED) is 0.490. The number of amides is 1. The van der Waals surface area contributed by atoms with E-state index in [4.69, 9.17) is 9.84 Å². The second kappa shape index (κ2) is 7.51. The second-order valence-corrected chi connectivity index (χ2v) is 5.36. The maximum Gasteiger partial charge on any atom is 0.327 e. The van der Waals surface area contributed by atoms with Crippen LogP contribution in [0.15, 0.2) is 0 Å². The van der Waals surface area contributed by atoms with Gasteiger partial charge in [0, 0.05) is 11.5 Å². The number of thioether (sulfide) groups is 1. The van der Waals surface area contributed by atoms with Crippen LogP contribution in [0.3, 0.4) is 0 Å². The lowest BCUT2D eigenvalue weighted by Gasteiger charge is -2.19. The van der Waals surface area contributed by atoms with Crippen LogP contribution in [-0.2, 0) is 14.3 Å². The zero-order valence-electron chi connectivity index (χ0n) is 9.86. The molecule has 5 nitrogen and oxygen atoms in total. The highest BCUT2D eigenvalue weighted by Gasteiger charge is 2.16. The van der Waals surface area contributed by atoms with Crippen molar-refractivity contribution >= 4 is 24.1 Å². The van der Waals surface area contributed by atoms with Crippen molar-refractivity contribution in [2.45, 2.75) is 32.4 Å². The molecule has 0 fully saturated rings. The van der Waals surface area contributed by atoms with Crippen LogP contribution in [0.25, 0.3) is 0 Å². The van der Waals surface area contributed by atoms with Gasteiger partial charge in [0.15, 0.2) is 0 Å². The smallest absolute Gasteiger partial charge is 0.327 e. The third-order valence-electron chi connectivity index (χ3n) is 1.61. The van der Waals surface area contributed by atoms with Gasteiger partial charge >= 0.3 is 5.97 Å². The first-order chi connectivity index (χ1) is 7.37. The van der Waals surface area contributed by atoms with Crippen molar-refractivity contribution in [3.63, 3.8) is 0 Å². The Morgan fingerprint density at radius 3 is 2.62 bits per heavy atom. The highest BCUT2D eigenvalue weighted by atomic mass is 32.2. The minimum absolute atomic E-state index is 0.173. The van der Waals surface area contributed by atoms with Crippen molar-refractivity contribution in [1.29, 1.82) is 0 Å². The fourth-order valence-corrected chi connectivity index (χ4v) is 1.72. The summed E-state index contributed by atoms with van der Waals surface area (Å²) < 4.78 is 5.47. The third kappa shape index (κ3) is 8.55. The molecule has 1 amide bonds. The molecule has 0 rings (SSSR count). The number of nitrogens with one attached hydrogen (secondary N) is 1. The first-order valence-corrected chi connectivity index (χ1v) is 6.16. The zero-order chi connectivity index (χ0) is 12.6. The number of hydrogen-bond donors (Lipinski definition) is 2. The van der Waals surface area contributed by atoms with E-state index >= 15 is 0 Å². The van der Waals surface area contributed by atoms with Crippen LogP contribution in [0.1, 0.15) is 20.8 Å². The number of rotatable bonds is 8. The lowest BCUT2D eigenvalue weighted by atomic mass is 10.2. The summed E-state index contributed by atoms with van der Waals surface area (Å²) in [5.41, 5.74) is -0.173. The average Bonchev–Trinajstić information content (AvgIpc) is 2.13. The molecule has 1 unspecified atom stereocenters. The Balaban J connectivity index is 3.63. The number of carbonyl (C=O) groups excluding carboxylic acids is 1. The van der Waals surface area contributed by atoms with Gasteiger partial charge in [-0.3, -0.25) is 4.79 Å². The van der Waals surface area contributed by atoms with Gasteiger partial charge in [0.2, 0.25) is 6.41 Å². The maximum absolute atomic E-state index is 10.6. The lowest BCUT2D eigenvalue weighted by molar-refractivity contribution is -0.139. The standard InChI is InChI=1S/C10H19NO4S/c1-10(2,3)15-4-5-16-6-8(9(13)14)11-7-12/h7-8H,4-6H2,1-3H3,(H,11,12)(H,13,14). The van der Waals surface area contributed by atoms with Crippen LogP contribution in [0.2, 0.25) is 0 Å². The van der Waals surface area contributed by atoms with Gasteiger partial charge in [-0.15, -0.1) is 0 Å². The predicted molar refractivity (Wildman–Crippen MR) is 63.7 cm³/mol. The normalized spacial score (nSPS) is 13.2. The fraction of sp³-hybridized carbons (Fsp3) is 0.800. The fourth-order valence-electron chi connectivity index (χ4n) is 0.881. The van der Waals surface area contributed by atoms with Gasteiger partial charge in [0.1, 0.15) is 6.04 Å². The number of carbonyl (C=O) groups is 2. The van der Waals surface area contributed by atoms with Gasteiger partial charge < -0.3 is 15.2 Å². The van der Waals surface area contributed by atoms with Crippen LogP contribution in [-0.4, -0.2) is 47.2 Å². The second-order valence-electron chi connectivity index (χ2n) is 4.21. The van der Waals surface area contributed by atoms with Crippen LogP contribution in [0.4, 0.5) is 0 Å². The molecule has 0 saturated heterocycles. The summed E-state index contributed by atoms with van der Waals surface area (Å²) in [5, 5.41) is 11.0. The van der Waals surface area contributed by atoms with Gasteiger partial charge in [-0.05, 0) is 20.8 Å². The van der Waals surface area contributed by atoms with Gasteiger partial charge in [0.25, 0.3) is 0 Å². The van der Waals surface area contributed by atoms with Crippen LogP contribution in [0, 0.1) is 0 Å². The molecular weight excluding hydrogens is 230 g/mol. The maximum atomic E-state index is 10.6. The Kier molecular flexibility index (Phi) is 7.16. The van der Waals surface area contributed by atoms with E-state index in [9.17, 15) is 9.59 Å². The third-order valence-corrected chi connectivity index (χ3v) is 2.64. The Hall–Kier alpha value is -0.750. The molecule has 0 aromatic heterocycles. The first-order valence-electron chi connectivity index (χ1n) is 5.01. The van der Waals surface area contributed by atoms with E-state index in [1.54, 1.807) is 0 Å². The molecule has 0 aromatic carbocycles. The minimum atomic E-state index is -1.02. The Labute approximate surface area is 99.9 Å². The summed E-state index contributed by atoms with van der Waals surface area (Å²) >= 11 is 1.44. The van der Waals surface area contributed by atoms with E-state index in [1.807, 2.05) is 20.8 Å². The van der Waals surface area contributed by atoms with Crippen LogP contribution >= 0.6 is 11.8 Å². The summed E-state index contributed by atoms with van der Waals surface area (Å²) in [6.45, 7) is 6.46. The highest BCUT2D eigenvalue weighted by molar-refractivity contribution is 7.99. The van der Waals surface area contributed by atoms with Crippen LogP contribution in [0.5, 0.6) is 0 Å². The van der Waals surface area contributed by atoms with E-state index in [0.717, 1.165) is 0 Å². The highest BCUT2D eigenvalue weighted by Crippen LogP contribution is 2.09. The molecule has 6 heteroatoms. The average molecular weight is 249 g/mol. The number of carboxylic acid groups (broad SMARTS) is 1. The molecule has 0 aliphatic heterocycles. The largest absolute Gasteiger partial charge is 0.480 e. The Bertz CT molecular complexity index is 227. The van der Waals surface area contributed by atoms with E-state index in [0.29, 0.717) is 24.5 Å². The van der Waals surface area contributed by atoms with Gasteiger partial charge in [-0.25, -0.2) is 4.79 Å². The predicted octanol–water partition coefficient (Wildman–Crippen LogP) is 0.734. The van der Waals surface area contributed by atoms with Crippen molar-refractivity contribution in [3.05, 3.63) is 0 Å². The summed E-state index contributed by atoms with van der Waals surface area (Å²) in [5.74, 6) is 0.0414. The first kappa shape index (κ1) is 15.2. The molecule has 94 valence electrons. The molecule has 0 heterocycles. The summed E-state index contributed by atoms with van der Waals surface area (Å²) in [6.07, 6.45) is 0.408. The molecule has 0 radical (unpaired) electrons. The van der Waals surface area contributed by atoms with E-state index < -0.39 is 12.0 Å². The van der Waals surface area contributed by atoms with Crippen molar-refractivity contribution < 1.29 is 19.4 Å². The lowest BCUT2D eigenvalue weighted by Crippen LogP contribution is -2.38. The van der Waals surface area contributed by atoms with Crippen molar-refractivity contribution in [3.8, 4) is 0 Å². The summed E-state index contributed by atoms with van der Waals surface area (Å²) in [4.78, 5) is 20.8. The van der Waals surface area contributed by atoms with E-state index in [-0.39, 0.29) is 5.60 Å². The zero-order valence-corrected chi connectivity index (χ0v) is 10.7. The molecule has 0 saturated carbocycles. The van der Waals surface area contributed by atoms with E-state index in [1.165, 1.54) is 11.8 Å². The molecule has 0 aliphatic rings. The molecule has 16 heavy (non-hydrogen) atoms. The molecule has 0 spiro atoms. The number of aliphatic carboxylic acids is 1. The summed E-state index contributed by atoms with van der Waals surface area (Å²) in [7, 11) is 0. The Morgan fingerprint density at radius 1 is 1.56 bits per heavy atom. The van der Waals surface area contributed by atoms with Crippen LogP contribution < -0.4 is 5.32 Å². The molecule has 2 N–H and O–H groups in total. The molecule has 0 bridgehead atoms. The molecular formula is C10H19NO4S. The van der Waals surface area contributed by atoms with Crippen molar-refractivity contribution in [2.24, 2.45) is 0 Å². The number of hydrogen-bond acceptors (Lipinski definition) is 4. The topological polar surface area (TPSA) is 75.6 Å². The number of ether oxygens (including phenoxy) is 1. The van der Waals surface area contributed by atoms with Gasteiger partial charge in [-0.1, -0.05) is 0 Å². The molecule has 0 aliphatic carbocycles. The minimum Gasteiger partial charge on any atom is -0.480 e. The Morgan fingerprint density at radius 2 is 2.19 bits per heavy atom. The van der Waals surface area contributed by atoms with Crippen molar-refractivity contribution in [2.75, 3.05) is 18.1 Å². The molecule has 1 atom stereocenters. The van der Waals surface area contributed by atoms with Crippen molar-refractivity contribution in [1.82, 2.24) is 5.32 Å². The van der Waals surface area contributed by atoms with Gasteiger partial charge in [0.05, 0.1) is 12.2 Å². The van der Waals surface area contributed by atoms with E-state index in [2.05, 4.69) is 5.32 Å². The SMILES string of the molecule is CC(C)(C)OCCSCC(NC=O)C(=O)O. The monoisotopic (exact) mass is 249 g/mol. The molecule has 0 aromatic rings. The summed E-state index contributed by atoms with van der Waals surface area (Å²) in [6, 6.07) is -0.822.